The largest absolute Gasteiger partial charge is 0.497 e. The number of carbonyl (C=O) groups is 3. The molecule has 0 heterocycles. The van der Waals surface area contributed by atoms with Crippen LogP contribution in [0, 0.1) is 0 Å². The Morgan fingerprint density at radius 1 is 0.735 bits per heavy atom. The molecular formula is C38H31Cl2N3O5S. The van der Waals surface area contributed by atoms with Crippen LogP contribution in [0.25, 0.3) is 6.08 Å². The van der Waals surface area contributed by atoms with Crippen molar-refractivity contribution in [3.8, 4) is 11.5 Å². The molecule has 1 atom stereocenters. The quantitative estimate of drug-likeness (QED) is 0.0882. The van der Waals surface area contributed by atoms with Crippen molar-refractivity contribution in [3.63, 3.8) is 0 Å². The Labute approximate surface area is 298 Å². The number of benzene rings is 5. The molecule has 1 unspecified atom stereocenters. The number of hydrogen-bond acceptors (Lipinski definition) is 6. The molecule has 5 rings (SSSR count). The average molecular weight is 713 g/mol. The van der Waals surface area contributed by atoms with Gasteiger partial charge in [0.1, 0.15) is 22.4 Å². The lowest BCUT2D eigenvalue weighted by Crippen LogP contribution is -2.30. The summed E-state index contributed by atoms with van der Waals surface area (Å²) in [5, 5.41) is 8.50. The number of ether oxygens (including phenoxy) is 2. The van der Waals surface area contributed by atoms with Crippen LogP contribution in [0.5, 0.6) is 11.5 Å². The lowest BCUT2D eigenvalue weighted by molar-refractivity contribution is -0.116. The first-order valence-corrected chi connectivity index (χ1v) is 16.6. The van der Waals surface area contributed by atoms with E-state index in [0.717, 1.165) is 10.5 Å². The number of nitrogens with one attached hydrogen (secondary N) is 3. The predicted molar refractivity (Wildman–Crippen MR) is 197 cm³/mol. The van der Waals surface area contributed by atoms with Crippen molar-refractivity contribution in [2.75, 3.05) is 24.9 Å². The lowest BCUT2D eigenvalue weighted by Gasteiger charge is -2.19. The summed E-state index contributed by atoms with van der Waals surface area (Å²) in [4.78, 5) is 41.1. The van der Waals surface area contributed by atoms with Crippen molar-refractivity contribution in [1.82, 2.24) is 5.32 Å². The third kappa shape index (κ3) is 9.23. The Morgan fingerprint density at radius 2 is 1.39 bits per heavy atom. The highest BCUT2D eigenvalue weighted by Crippen LogP contribution is 2.38. The summed E-state index contributed by atoms with van der Waals surface area (Å²) >= 11 is 14.1. The van der Waals surface area contributed by atoms with Gasteiger partial charge in [0.15, 0.2) is 0 Å². The second kappa shape index (κ2) is 16.7. The molecule has 8 nitrogen and oxygen atoms in total. The zero-order valence-electron chi connectivity index (χ0n) is 26.4. The second-order valence-electron chi connectivity index (χ2n) is 10.5. The van der Waals surface area contributed by atoms with Crippen molar-refractivity contribution in [1.29, 1.82) is 0 Å². The Balaban J connectivity index is 1.36. The van der Waals surface area contributed by atoms with Crippen LogP contribution in [0.15, 0.2) is 132 Å². The smallest absolute Gasteiger partial charge is 0.272 e. The number of amides is 3. The van der Waals surface area contributed by atoms with Crippen molar-refractivity contribution in [3.05, 3.63) is 154 Å². The molecular weight excluding hydrogens is 681 g/mol. The maximum Gasteiger partial charge on any atom is 0.272 e. The van der Waals surface area contributed by atoms with Crippen molar-refractivity contribution in [2.45, 2.75) is 10.1 Å². The molecule has 0 saturated heterocycles. The molecule has 5 aromatic rings. The van der Waals surface area contributed by atoms with Crippen LogP contribution < -0.4 is 25.4 Å². The van der Waals surface area contributed by atoms with Gasteiger partial charge in [0, 0.05) is 37.8 Å². The monoisotopic (exact) mass is 711 g/mol. The minimum absolute atomic E-state index is 0.0592. The van der Waals surface area contributed by atoms with E-state index < -0.39 is 17.1 Å². The van der Waals surface area contributed by atoms with E-state index in [1.165, 1.54) is 24.9 Å². The molecule has 0 aromatic heterocycles. The number of anilines is 2. The Hall–Kier alpha value is -5.22. The number of carbonyl (C=O) groups excluding carboxylic acids is 3. The number of methoxy groups -OCH3 is 2. The fourth-order valence-electron chi connectivity index (χ4n) is 4.70. The fraction of sp³-hybridized carbons (Fsp3) is 0.0789. The first kappa shape index (κ1) is 35.1. The third-order valence-electron chi connectivity index (χ3n) is 7.19. The van der Waals surface area contributed by atoms with E-state index in [2.05, 4.69) is 16.0 Å². The summed E-state index contributed by atoms with van der Waals surface area (Å²) in [6.45, 7) is 0. The van der Waals surface area contributed by atoms with Gasteiger partial charge in [-0.05, 0) is 72.3 Å². The molecule has 248 valence electrons. The molecule has 11 heteroatoms. The predicted octanol–water partition coefficient (Wildman–Crippen LogP) is 8.89. The van der Waals surface area contributed by atoms with Crippen LogP contribution in [0.4, 0.5) is 11.4 Å². The number of thioether (sulfide) groups is 1. The minimum atomic E-state index is -0.624. The number of halogens is 2. The number of hydrogen-bond donors (Lipinski definition) is 3. The van der Waals surface area contributed by atoms with Crippen LogP contribution in [0.3, 0.4) is 0 Å². The van der Waals surface area contributed by atoms with Crippen LogP contribution >= 0.6 is 35.0 Å². The maximum atomic E-state index is 13.7. The number of rotatable bonds is 12. The van der Waals surface area contributed by atoms with Gasteiger partial charge >= 0.3 is 0 Å². The van der Waals surface area contributed by atoms with Gasteiger partial charge in [-0.2, -0.15) is 0 Å². The van der Waals surface area contributed by atoms with E-state index in [1.807, 2.05) is 30.3 Å². The second-order valence-corrected chi connectivity index (χ2v) is 12.4. The summed E-state index contributed by atoms with van der Waals surface area (Å²) in [5.41, 5.74) is 2.43. The van der Waals surface area contributed by atoms with E-state index in [9.17, 15) is 14.4 Å². The Bertz CT molecular complexity index is 1950. The molecule has 0 fully saturated rings. The van der Waals surface area contributed by atoms with Crippen LogP contribution in [-0.2, 0) is 9.59 Å². The molecule has 0 spiro atoms. The van der Waals surface area contributed by atoms with Crippen LogP contribution in [0.1, 0.15) is 26.7 Å². The summed E-state index contributed by atoms with van der Waals surface area (Å²) < 4.78 is 10.8. The highest BCUT2D eigenvalue weighted by atomic mass is 35.5. The van der Waals surface area contributed by atoms with Crippen LogP contribution in [-0.4, -0.2) is 31.9 Å². The van der Waals surface area contributed by atoms with Crippen molar-refractivity contribution < 1.29 is 23.9 Å². The molecule has 0 aliphatic heterocycles. The van der Waals surface area contributed by atoms with Crippen molar-refractivity contribution >= 4 is 70.1 Å². The van der Waals surface area contributed by atoms with Gasteiger partial charge in [-0.3, -0.25) is 14.4 Å². The zero-order chi connectivity index (χ0) is 34.8. The van der Waals surface area contributed by atoms with E-state index in [-0.39, 0.29) is 11.6 Å². The average Bonchev–Trinajstić information content (AvgIpc) is 3.12. The van der Waals surface area contributed by atoms with Gasteiger partial charge in [0.2, 0.25) is 5.91 Å². The molecule has 0 saturated carbocycles. The third-order valence-corrected chi connectivity index (χ3v) is 9.11. The van der Waals surface area contributed by atoms with E-state index in [1.54, 1.807) is 98.1 Å². The van der Waals surface area contributed by atoms with Gasteiger partial charge in [-0.1, -0.05) is 77.8 Å². The molecule has 5 aromatic carbocycles. The first-order chi connectivity index (χ1) is 23.7. The molecule has 0 aliphatic rings. The fourth-order valence-corrected chi connectivity index (χ4v) is 6.23. The summed E-state index contributed by atoms with van der Waals surface area (Å²) in [5.74, 6) is -0.257. The minimum Gasteiger partial charge on any atom is -0.497 e. The molecule has 49 heavy (non-hydrogen) atoms. The van der Waals surface area contributed by atoms with E-state index in [0.29, 0.717) is 44.0 Å². The van der Waals surface area contributed by atoms with Gasteiger partial charge < -0.3 is 25.4 Å². The first-order valence-electron chi connectivity index (χ1n) is 14.9. The zero-order valence-corrected chi connectivity index (χ0v) is 28.7. The molecule has 3 N–H and O–H groups in total. The standard InChI is InChI=1S/C38H31Cl2N3O5S/c1-47-27-18-21-34(48-2)32(22-27)42-38(46)35(24-10-5-3-6-11-24)49-28-19-16-26(17-20-28)41-37(45)33(23-29-30(39)14-9-15-31(29)40)43-36(44)25-12-7-4-8-13-25/h3-23,35H,1-2H3,(H,41,45)(H,42,46)(H,43,44)/b33-23-. The lowest BCUT2D eigenvalue weighted by atomic mass is 10.1. The highest BCUT2D eigenvalue weighted by Gasteiger charge is 2.24. The molecule has 0 aliphatic carbocycles. The Morgan fingerprint density at radius 3 is 2.02 bits per heavy atom. The summed E-state index contributed by atoms with van der Waals surface area (Å²) in [7, 11) is 3.08. The van der Waals surface area contributed by atoms with Gasteiger partial charge in [0.25, 0.3) is 11.8 Å². The molecule has 0 bridgehead atoms. The highest BCUT2D eigenvalue weighted by molar-refractivity contribution is 8.00. The van der Waals surface area contributed by atoms with Gasteiger partial charge in [0.05, 0.1) is 19.9 Å². The topological polar surface area (TPSA) is 106 Å². The van der Waals surface area contributed by atoms with Gasteiger partial charge in [-0.25, -0.2) is 0 Å². The Kier molecular flexibility index (Phi) is 12.0. The summed E-state index contributed by atoms with van der Waals surface area (Å²) in [6, 6.07) is 35.1. The maximum absolute atomic E-state index is 13.7. The van der Waals surface area contributed by atoms with Crippen molar-refractivity contribution in [2.24, 2.45) is 0 Å². The van der Waals surface area contributed by atoms with E-state index in [4.69, 9.17) is 32.7 Å². The SMILES string of the molecule is COc1ccc(OC)c(NC(=O)C(Sc2ccc(NC(=O)/C(=C/c3c(Cl)cccc3Cl)NC(=O)c3ccccc3)cc2)c2ccccc2)c1. The van der Waals surface area contributed by atoms with E-state index >= 15 is 0 Å². The molecule has 0 radical (unpaired) electrons. The normalized spacial score (nSPS) is 11.6. The van der Waals surface area contributed by atoms with Gasteiger partial charge in [-0.15, -0.1) is 11.8 Å². The van der Waals surface area contributed by atoms with Crippen LogP contribution in [0.2, 0.25) is 10.0 Å². The summed E-state index contributed by atoms with van der Waals surface area (Å²) in [6.07, 6.45) is 1.44. The molecule has 3 amide bonds.